The minimum absolute atomic E-state index is 0.0538. The molecular formula is C20H27BrN2O4. The van der Waals surface area contributed by atoms with Crippen LogP contribution in [0.5, 0.6) is 0 Å². The number of halogens is 1. The lowest BCUT2D eigenvalue weighted by Gasteiger charge is -2.60. The van der Waals surface area contributed by atoms with Crippen molar-refractivity contribution in [2.75, 3.05) is 11.9 Å². The number of nitrogens with zero attached hydrogens (tertiary/aromatic N) is 1. The van der Waals surface area contributed by atoms with Crippen LogP contribution >= 0.6 is 15.9 Å². The minimum atomic E-state index is -0.405. The molecule has 1 aromatic rings. The third-order valence-electron chi connectivity index (χ3n) is 6.38. The molecule has 1 aromatic heterocycles. The quantitative estimate of drug-likeness (QED) is 0.525. The lowest BCUT2D eigenvalue weighted by Crippen LogP contribution is -2.53. The molecule has 2 atom stereocenters. The molecule has 5 rings (SSSR count). The molecule has 4 fully saturated rings. The van der Waals surface area contributed by atoms with Crippen molar-refractivity contribution in [2.45, 2.75) is 69.0 Å². The van der Waals surface area contributed by atoms with Gasteiger partial charge in [-0.2, -0.15) is 0 Å². The molecule has 0 radical (unpaired) electrons. The molecule has 0 aromatic carbocycles. The van der Waals surface area contributed by atoms with Crippen LogP contribution in [-0.2, 0) is 14.3 Å². The topological polar surface area (TPSA) is 81.4 Å². The zero-order valence-electron chi connectivity index (χ0n) is 15.9. The Balaban J connectivity index is 1.28. The van der Waals surface area contributed by atoms with E-state index in [1.165, 1.54) is 19.3 Å². The van der Waals surface area contributed by atoms with Crippen LogP contribution in [-0.4, -0.2) is 28.0 Å². The van der Waals surface area contributed by atoms with E-state index < -0.39 is 5.91 Å². The van der Waals surface area contributed by atoms with Crippen LogP contribution in [0.4, 0.5) is 5.88 Å². The molecule has 4 aliphatic carbocycles. The van der Waals surface area contributed by atoms with Gasteiger partial charge in [0.05, 0.1) is 12.1 Å². The first kappa shape index (κ1) is 19.0. The van der Waals surface area contributed by atoms with Gasteiger partial charge in [-0.05, 0) is 61.7 Å². The summed E-state index contributed by atoms with van der Waals surface area (Å²) in [5, 5.41) is 6.48. The van der Waals surface area contributed by atoms with E-state index in [1.54, 1.807) is 6.07 Å². The van der Waals surface area contributed by atoms with Gasteiger partial charge in [0.2, 0.25) is 5.88 Å². The van der Waals surface area contributed by atoms with Crippen LogP contribution in [0.2, 0.25) is 0 Å². The number of hydrogen-bond acceptors (Lipinski definition) is 5. The zero-order chi connectivity index (χ0) is 19.2. The fourth-order valence-corrected chi connectivity index (χ4v) is 7.35. The van der Waals surface area contributed by atoms with Gasteiger partial charge in [0.1, 0.15) is 0 Å². The molecule has 0 spiro atoms. The Kier molecular flexibility index (Phi) is 4.85. The van der Waals surface area contributed by atoms with Gasteiger partial charge in [0.25, 0.3) is 5.91 Å². The van der Waals surface area contributed by atoms with Crippen LogP contribution in [0.15, 0.2) is 10.6 Å². The Hall–Kier alpha value is -1.37. The molecule has 1 heterocycles. The van der Waals surface area contributed by atoms with Gasteiger partial charge in [-0.1, -0.05) is 34.9 Å². The number of anilines is 1. The Bertz CT molecular complexity index is 730. The summed E-state index contributed by atoms with van der Waals surface area (Å²) in [6.07, 6.45) is 7.48. The Morgan fingerprint density at radius 2 is 2.04 bits per heavy atom. The van der Waals surface area contributed by atoms with Crippen molar-refractivity contribution in [1.82, 2.24) is 5.16 Å². The second-order valence-corrected chi connectivity index (χ2v) is 11.0. The fourth-order valence-electron chi connectivity index (χ4n) is 5.84. The van der Waals surface area contributed by atoms with E-state index >= 15 is 0 Å². The molecule has 148 valence electrons. The maximum Gasteiger partial charge on any atom is 0.306 e. The van der Waals surface area contributed by atoms with Gasteiger partial charge in [0, 0.05) is 10.4 Å². The fraction of sp³-hybridized carbons (Fsp3) is 0.750. The van der Waals surface area contributed by atoms with Crippen molar-refractivity contribution in [3.63, 3.8) is 0 Å². The van der Waals surface area contributed by atoms with Gasteiger partial charge in [0.15, 0.2) is 6.61 Å². The average molecular weight is 439 g/mol. The lowest BCUT2D eigenvalue weighted by atomic mass is 9.49. The van der Waals surface area contributed by atoms with E-state index in [1.807, 2.05) is 13.8 Å². The van der Waals surface area contributed by atoms with Crippen molar-refractivity contribution < 1.29 is 18.8 Å². The predicted octanol–water partition coefficient (Wildman–Crippen LogP) is 4.40. The zero-order valence-corrected chi connectivity index (χ0v) is 17.5. The predicted molar refractivity (Wildman–Crippen MR) is 104 cm³/mol. The summed E-state index contributed by atoms with van der Waals surface area (Å²) >= 11 is 3.96. The van der Waals surface area contributed by atoms with Gasteiger partial charge in [-0.3, -0.25) is 14.9 Å². The number of esters is 1. The summed E-state index contributed by atoms with van der Waals surface area (Å²) < 4.78 is 10.6. The summed E-state index contributed by atoms with van der Waals surface area (Å²) in [5.74, 6) is 1.27. The van der Waals surface area contributed by atoms with Gasteiger partial charge in [-0.25, -0.2) is 0 Å². The van der Waals surface area contributed by atoms with Crippen molar-refractivity contribution in [3.8, 4) is 0 Å². The normalized spacial score (nSPS) is 34.1. The highest BCUT2D eigenvalue weighted by molar-refractivity contribution is 9.10. The summed E-state index contributed by atoms with van der Waals surface area (Å²) in [4.78, 5) is 24.5. The summed E-state index contributed by atoms with van der Waals surface area (Å²) in [6, 6.07) is 1.69. The molecule has 0 aliphatic heterocycles. The van der Waals surface area contributed by atoms with Gasteiger partial charge >= 0.3 is 5.97 Å². The second-order valence-electron chi connectivity index (χ2n) is 9.27. The highest BCUT2D eigenvalue weighted by Crippen LogP contribution is 2.65. The summed E-state index contributed by atoms with van der Waals surface area (Å²) in [7, 11) is 0. The van der Waals surface area contributed by atoms with E-state index in [2.05, 4.69) is 26.4 Å². The summed E-state index contributed by atoms with van der Waals surface area (Å²) in [5.41, 5.74) is 0.825. The number of carbonyl (C=O) groups excluding carboxylic acids is 2. The van der Waals surface area contributed by atoms with Crippen molar-refractivity contribution in [2.24, 2.45) is 17.3 Å². The number of amides is 1. The first-order valence-electron chi connectivity index (χ1n) is 9.85. The van der Waals surface area contributed by atoms with E-state index in [-0.39, 0.29) is 34.1 Å². The standard InChI is InChI=1S/C20H27BrN2O4/c1-12(2)15-4-17(27-23-15)22-16(24)10-26-18(25)9-19-5-13-3-14(6-19)8-20(21,7-13)11-19/h4,12-14H,3,5-11H2,1-2H3,(H,22,24). The number of aromatic nitrogens is 1. The van der Waals surface area contributed by atoms with E-state index in [9.17, 15) is 9.59 Å². The minimum Gasteiger partial charge on any atom is -0.456 e. The highest BCUT2D eigenvalue weighted by Gasteiger charge is 2.57. The molecule has 4 aliphatic rings. The Labute approximate surface area is 167 Å². The van der Waals surface area contributed by atoms with Crippen molar-refractivity contribution >= 4 is 33.7 Å². The molecule has 6 nitrogen and oxygen atoms in total. The summed E-state index contributed by atoms with van der Waals surface area (Å²) in [6.45, 7) is 3.69. The van der Waals surface area contributed by atoms with Crippen LogP contribution in [0.1, 0.15) is 70.4 Å². The number of hydrogen-bond donors (Lipinski definition) is 1. The largest absolute Gasteiger partial charge is 0.456 e. The van der Waals surface area contributed by atoms with Crippen LogP contribution in [0, 0.1) is 17.3 Å². The third kappa shape index (κ3) is 4.08. The number of nitrogens with one attached hydrogen (secondary N) is 1. The molecular weight excluding hydrogens is 412 g/mol. The Morgan fingerprint density at radius 3 is 2.63 bits per heavy atom. The van der Waals surface area contributed by atoms with Crippen LogP contribution < -0.4 is 5.32 Å². The van der Waals surface area contributed by atoms with Gasteiger partial charge < -0.3 is 9.26 Å². The number of carbonyl (C=O) groups is 2. The molecule has 7 heteroatoms. The van der Waals surface area contributed by atoms with Crippen molar-refractivity contribution in [3.05, 3.63) is 11.8 Å². The van der Waals surface area contributed by atoms with Crippen LogP contribution in [0.3, 0.4) is 0 Å². The third-order valence-corrected chi connectivity index (χ3v) is 7.30. The maximum atomic E-state index is 12.4. The van der Waals surface area contributed by atoms with Gasteiger partial charge in [-0.15, -0.1) is 0 Å². The molecule has 2 unspecified atom stereocenters. The first-order chi connectivity index (χ1) is 12.7. The average Bonchev–Trinajstić information content (AvgIpc) is 2.99. The molecule has 4 bridgehead atoms. The molecule has 1 amide bonds. The van der Waals surface area contributed by atoms with E-state index in [4.69, 9.17) is 9.26 Å². The molecule has 1 N–H and O–H groups in total. The molecule has 0 saturated heterocycles. The molecule has 27 heavy (non-hydrogen) atoms. The molecule has 4 saturated carbocycles. The smallest absolute Gasteiger partial charge is 0.306 e. The monoisotopic (exact) mass is 438 g/mol. The van der Waals surface area contributed by atoms with Crippen LogP contribution in [0.25, 0.3) is 0 Å². The highest BCUT2D eigenvalue weighted by atomic mass is 79.9. The number of ether oxygens (including phenoxy) is 1. The first-order valence-corrected chi connectivity index (χ1v) is 10.6. The lowest BCUT2D eigenvalue weighted by molar-refractivity contribution is -0.153. The van der Waals surface area contributed by atoms with E-state index in [0.717, 1.165) is 36.8 Å². The van der Waals surface area contributed by atoms with Crippen molar-refractivity contribution in [1.29, 1.82) is 0 Å². The maximum absolute atomic E-state index is 12.4. The number of alkyl halides is 1. The SMILES string of the molecule is CC(C)c1cc(NC(=O)COC(=O)CC23CC4CC(CC(Br)(C4)C2)C3)on1. The van der Waals surface area contributed by atoms with E-state index in [0.29, 0.717) is 6.42 Å². The Morgan fingerprint density at radius 1 is 1.33 bits per heavy atom. The second kappa shape index (κ2) is 6.90. The number of rotatable bonds is 6.